The maximum Gasteiger partial charge on any atom is 0.248 e. The first-order valence-corrected chi connectivity index (χ1v) is 8.62. The number of carbonyl (C=O) groups excluding carboxylic acids is 1. The molecule has 0 unspecified atom stereocenters. The van der Waals surface area contributed by atoms with Crippen molar-refractivity contribution in [1.29, 1.82) is 0 Å². The van der Waals surface area contributed by atoms with E-state index < -0.39 is 0 Å². The third-order valence-corrected chi connectivity index (χ3v) is 4.68. The number of benzene rings is 1. The molecular weight excluding hydrogens is 373 g/mol. The molecule has 1 N–H and O–H groups in total. The highest BCUT2D eigenvalue weighted by Crippen LogP contribution is 2.25. The molecule has 0 radical (unpaired) electrons. The SMILES string of the molecule is Cc1c(C=CC(=O)Nc2cnn(Cc3c(Cl)cccc3Cl)c2)cnn1C. The lowest BCUT2D eigenvalue weighted by Gasteiger charge is -2.06. The maximum atomic E-state index is 12.1. The van der Waals surface area contributed by atoms with E-state index in [1.165, 1.54) is 6.08 Å². The average molecular weight is 390 g/mol. The molecule has 0 saturated carbocycles. The minimum absolute atomic E-state index is 0.247. The fraction of sp³-hybridized carbons (Fsp3) is 0.167. The second kappa shape index (κ2) is 7.76. The third-order valence-electron chi connectivity index (χ3n) is 3.97. The van der Waals surface area contributed by atoms with Crippen LogP contribution < -0.4 is 5.32 Å². The zero-order valence-corrected chi connectivity index (χ0v) is 15.8. The Kier molecular flexibility index (Phi) is 5.44. The molecule has 2 aromatic heterocycles. The van der Waals surface area contributed by atoms with Gasteiger partial charge in [0.1, 0.15) is 0 Å². The summed E-state index contributed by atoms with van der Waals surface area (Å²) >= 11 is 12.3. The molecule has 1 aromatic carbocycles. The number of halogens is 2. The van der Waals surface area contributed by atoms with Crippen molar-refractivity contribution in [2.45, 2.75) is 13.5 Å². The van der Waals surface area contributed by atoms with E-state index in [9.17, 15) is 4.79 Å². The number of aromatic nitrogens is 4. The van der Waals surface area contributed by atoms with Crippen molar-refractivity contribution in [2.75, 3.05) is 5.32 Å². The van der Waals surface area contributed by atoms with Gasteiger partial charge in [-0.15, -0.1) is 0 Å². The van der Waals surface area contributed by atoms with Crippen LogP contribution in [0, 0.1) is 6.92 Å². The van der Waals surface area contributed by atoms with Gasteiger partial charge in [-0.1, -0.05) is 29.3 Å². The van der Waals surface area contributed by atoms with Gasteiger partial charge in [-0.2, -0.15) is 10.2 Å². The smallest absolute Gasteiger partial charge is 0.248 e. The van der Waals surface area contributed by atoms with Crippen LogP contribution in [-0.2, 0) is 18.4 Å². The van der Waals surface area contributed by atoms with Gasteiger partial charge < -0.3 is 5.32 Å². The van der Waals surface area contributed by atoms with Crippen LogP contribution in [0.25, 0.3) is 6.08 Å². The van der Waals surface area contributed by atoms with E-state index >= 15 is 0 Å². The predicted octanol–water partition coefficient (Wildman–Crippen LogP) is 3.93. The van der Waals surface area contributed by atoms with Crippen molar-refractivity contribution >= 4 is 40.9 Å². The first kappa shape index (κ1) is 18.2. The fourth-order valence-electron chi connectivity index (χ4n) is 2.39. The molecule has 0 bridgehead atoms. The highest BCUT2D eigenvalue weighted by atomic mass is 35.5. The van der Waals surface area contributed by atoms with E-state index in [1.54, 1.807) is 52.2 Å². The van der Waals surface area contributed by atoms with Crippen molar-refractivity contribution in [3.63, 3.8) is 0 Å². The molecule has 3 rings (SSSR count). The Balaban J connectivity index is 1.65. The Morgan fingerprint density at radius 1 is 1.23 bits per heavy atom. The van der Waals surface area contributed by atoms with Gasteiger partial charge >= 0.3 is 0 Å². The zero-order chi connectivity index (χ0) is 18.7. The zero-order valence-electron chi connectivity index (χ0n) is 14.3. The number of hydrogen-bond donors (Lipinski definition) is 1. The summed E-state index contributed by atoms with van der Waals surface area (Å²) < 4.78 is 3.42. The molecule has 8 heteroatoms. The molecule has 0 spiro atoms. The van der Waals surface area contributed by atoms with E-state index in [0.29, 0.717) is 22.3 Å². The van der Waals surface area contributed by atoms with Crippen LogP contribution >= 0.6 is 23.2 Å². The third kappa shape index (κ3) is 4.15. The van der Waals surface area contributed by atoms with Crippen LogP contribution in [0.15, 0.2) is 42.9 Å². The molecule has 134 valence electrons. The number of nitrogens with one attached hydrogen (secondary N) is 1. The first-order valence-electron chi connectivity index (χ1n) is 7.87. The maximum absolute atomic E-state index is 12.1. The van der Waals surface area contributed by atoms with Crippen LogP contribution in [0.4, 0.5) is 5.69 Å². The molecule has 0 aliphatic rings. The standard InChI is InChI=1S/C18H17Cl2N5O/c1-12-13(8-21-24(12)2)6-7-18(26)23-14-9-22-25(10-14)11-15-16(19)4-3-5-17(15)20/h3-10H,11H2,1-2H3,(H,23,26). The Morgan fingerprint density at radius 3 is 2.62 bits per heavy atom. The summed E-state index contributed by atoms with van der Waals surface area (Å²) in [7, 11) is 1.85. The highest BCUT2D eigenvalue weighted by Gasteiger charge is 2.08. The summed E-state index contributed by atoms with van der Waals surface area (Å²) in [6, 6.07) is 5.35. The Bertz CT molecular complexity index is 954. The number of anilines is 1. The number of aryl methyl sites for hydroxylation is 1. The van der Waals surface area contributed by atoms with E-state index in [2.05, 4.69) is 15.5 Å². The van der Waals surface area contributed by atoms with Gasteiger partial charge in [-0.3, -0.25) is 14.2 Å². The van der Waals surface area contributed by atoms with Crippen molar-refractivity contribution in [1.82, 2.24) is 19.6 Å². The van der Waals surface area contributed by atoms with Gasteiger partial charge in [0.2, 0.25) is 5.91 Å². The van der Waals surface area contributed by atoms with Gasteiger partial charge in [0.25, 0.3) is 0 Å². The van der Waals surface area contributed by atoms with Crippen molar-refractivity contribution < 1.29 is 4.79 Å². The number of amides is 1. The lowest BCUT2D eigenvalue weighted by molar-refractivity contribution is -0.111. The number of rotatable bonds is 5. The summed E-state index contributed by atoms with van der Waals surface area (Å²) in [5, 5.41) is 12.3. The summed E-state index contributed by atoms with van der Waals surface area (Å²) in [4.78, 5) is 12.1. The molecule has 3 aromatic rings. The molecule has 0 aliphatic heterocycles. The summed E-state index contributed by atoms with van der Waals surface area (Å²) in [6.07, 6.45) is 8.20. The van der Waals surface area contributed by atoms with Gasteiger partial charge in [0.15, 0.2) is 0 Å². The number of carbonyl (C=O) groups is 1. The van der Waals surface area contributed by atoms with Crippen LogP contribution in [0.1, 0.15) is 16.8 Å². The molecule has 1 amide bonds. The molecule has 0 saturated heterocycles. The lowest BCUT2D eigenvalue weighted by Crippen LogP contribution is -2.07. The molecule has 0 fully saturated rings. The van der Waals surface area contributed by atoms with Gasteiger partial charge in [0.05, 0.1) is 24.6 Å². The van der Waals surface area contributed by atoms with Crippen LogP contribution in [-0.4, -0.2) is 25.5 Å². The van der Waals surface area contributed by atoms with E-state index in [-0.39, 0.29) is 5.91 Å². The molecule has 0 aliphatic carbocycles. The van der Waals surface area contributed by atoms with E-state index in [1.807, 2.05) is 14.0 Å². The van der Waals surface area contributed by atoms with E-state index in [4.69, 9.17) is 23.2 Å². The van der Waals surface area contributed by atoms with Crippen molar-refractivity contribution in [3.05, 3.63) is 69.7 Å². The highest BCUT2D eigenvalue weighted by molar-refractivity contribution is 6.35. The van der Waals surface area contributed by atoms with Gasteiger partial charge in [-0.25, -0.2) is 0 Å². The largest absolute Gasteiger partial charge is 0.320 e. The molecule has 6 nitrogen and oxygen atoms in total. The second-order valence-corrected chi connectivity index (χ2v) is 6.57. The van der Waals surface area contributed by atoms with Crippen LogP contribution in [0.3, 0.4) is 0 Å². The molecule has 0 atom stereocenters. The van der Waals surface area contributed by atoms with E-state index in [0.717, 1.165) is 16.8 Å². The van der Waals surface area contributed by atoms with Crippen molar-refractivity contribution in [3.8, 4) is 0 Å². The number of hydrogen-bond acceptors (Lipinski definition) is 3. The Labute approximate surface area is 161 Å². The van der Waals surface area contributed by atoms with Crippen LogP contribution in [0.5, 0.6) is 0 Å². The van der Waals surface area contributed by atoms with Crippen molar-refractivity contribution in [2.24, 2.45) is 7.05 Å². The predicted molar refractivity (Wildman–Crippen MR) is 103 cm³/mol. The molecule has 2 heterocycles. The normalized spacial score (nSPS) is 11.2. The molecule has 26 heavy (non-hydrogen) atoms. The Morgan fingerprint density at radius 2 is 1.96 bits per heavy atom. The second-order valence-electron chi connectivity index (χ2n) is 5.76. The lowest BCUT2D eigenvalue weighted by atomic mass is 10.2. The monoisotopic (exact) mass is 389 g/mol. The first-order chi connectivity index (χ1) is 12.4. The molecular formula is C18H17Cl2N5O. The minimum atomic E-state index is -0.247. The van der Waals surface area contributed by atoms with Gasteiger partial charge in [0, 0.05) is 46.2 Å². The quantitative estimate of drug-likeness (QED) is 0.672. The van der Waals surface area contributed by atoms with Gasteiger partial charge in [-0.05, 0) is 25.1 Å². The topological polar surface area (TPSA) is 64.7 Å². The average Bonchev–Trinajstić information content (AvgIpc) is 3.17. The fourth-order valence-corrected chi connectivity index (χ4v) is 2.91. The summed E-state index contributed by atoms with van der Waals surface area (Å²) in [6.45, 7) is 2.35. The minimum Gasteiger partial charge on any atom is -0.320 e. The summed E-state index contributed by atoms with van der Waals surface area (Å²) in [5.41, 5.74) is 3.25. The Hall–Kier alpha value is -2.57. The van der Waals surface area contributed by atoms with Crippen LogP contribution in [0.2, 0.25) is 10.0 Å². The number of nitrogens with zero attached hydrogens (tertiary/aromatic N) is 4. The summed E-state index contributed by atoms with van der Waals surface area (Å²) in [5.74, 6) is -0.247.